The molecule has 0 N–H and O–H groups in total. The second-order valence-electron chi connectivity index (χ2n) is 5.72. The van der Waals surface area contributed by atoms with E-state index in [9.17, 15) is 0 Å². The highest BCUT2D eigenvalue weighted by Crippen LogP contribution is 2.28. The van der Waals surface area contributed by atoms with Crippen molar-refractivity contribution in [1.82, 2.24) is 0 Å². The van der Waals surface area contributed by atoms with Crippen LogP contribution in [0.5, 0.6) is 17.2 Å². The van der Waals surface area contributed by atoms with Gasteiger partial charge in [-0.3, -0.25) is 0 Å². The Hall–Kier alpha value is -1.96. The van der Waals surface area contributed by atoms with E-state index in [1.54, 1.807) is 0 Å². The van der Waals surface area contributed by atoms with Crippen LogP contribution in [0, 0.1) is 6.92 Å². The van der Waals surface area contributed by atoms with Gasteiger partial charge in [0.05, 0.1) is 6.10 Å². The van der Waals surface area contributed by atoms with Crippen molar-refractivity contribution in [2.24, 2.45) is 0 Å². The van der Waals surface area contributed by atoms with Gasteiger partial charge in [-0.1, -0.05) is 24.6 Å². The van der Waals surface area contributed by atoms with Crippen LogP contribution < -0.4 is 9.47 Å². The molecule has 2 aromatic rings. The molecular formula is C19H22O2. The molecule has 2 aromatic carbocycles. The van der Waals surface area contributed by atoms with Crippen molar-refractivity contribution in [2.75, 3.05) is 0 Å². The van der Waals surface area contributed by atoms with Gasteiger partial charge in [0.2, 0.25) is 0 Å². The number of benzene rings is 2. The van der Waals surface area contributed by atoms with E-state index in [0.29, 0.717) is 6.10 Å². The first-order chi connectivity index (χ1) is 10.3. The average molecular weight is 282 g/mol. The second-order valence-corrected chi connectivity index (χ2v) is 5.72. The highest BCUT2D eigenvalue weighted by Gasteiger charge is 2.14. The number of hydrogen-bond acceptors (Lipinski definition) is 2. The minimum atomic E-state index is 0.391. The van der Waals surface area contributed by atoms with Crippen molar-refractivity contribution in [1.29, 1.82) is 0 Å². The molecule has 0 atom stereocenters. The van der Waals surface area contributed by atoms with Crippen LogP contribution in [0.25, 0.3) is 0 Å². The van der Waals surface area contributed by atoms with Crippen molar-refractivity contribution in [3.8, 4) is 17.2 Å². The van der Waals surface area contributed by atoms with Gasteiger partial charge >= 0.3 is 0 Å². The summed E-state index contributed by atoms with van der Waals surface area (Å²) in [6.45, 7) is 2.05. The fraction of sp³-hybridized carbons (Fsp3) is 0.368. The molecular weight excluding hydrogens is 260 g/mol. The molecule has 1 saturated carbocycles. The van der Waals surface area contributed by atoms with Crippen LogP contribution in [0.3, 0.4) is 0 Å². The lowest BCUT2D eigenvalue weighted by atomic mass is 9.98. The molecule has 0 spiro atoms. The van der Waals surface area contributed by atoms with E-state index >= 15 is 0 Å². The fourth-order valence-electron chi connectivity index (χ4n) is 2.76. The Kier molecular flexibility index (Phi) is 4.44. The number of aryl methyl sites for hydroxylation is 1. The first-order valence-electron chi connectivity index (χ1n) is 7.81. The SMILES string of the molecule is Cc1ccccc1Oc1ccc(OC2CCCCC2)cc1. The van der Waals surface area contributed by atoms with Crippen LogP contribution in [-0.4, -0.2) is 6.10 Å². The lowest BCUT2D eigenvalue weighted by Crippen LogP contribution is -2.19. The molecule has 0 aromatic heterocycles. The Morgan fingerprint density at radius 2 is 1.48 bits per heavy atom. The van der Waals surface area contributed by atoms with Gasteiger partial charge in [-0.15, -0.1) is 0 Å². The first-order valence-corrected chi connectivity index (χ1v) is 7.81. The summed E-state index contributed by atoms with van der Waals surface area (Å²) < 4.78 is 11.9. The Labute approximate surface area is 126 Å². The zero-order valence-electron chi connectivity index (χ0n) is 12.5. The van der Waals surface area contributed by atoms with Gasteiger partial charge in [0, 0.05) is 0 Å². The Morgan fingerprint density at radius 1 is 0.810 bits per heavy atom. The summed E-state index contributed by atoms with van der Waals surface area (Å²) >= 11 is 0. The molecule has 0 aliphatic heterocycles. The topological polar surface area (TPSA) is 18.5 Å². The van der Waals surface area contributed by atoms with Gasteiger partial charge in [0.25, 0.3) is 0 Å². The number of ether oxygens (including phenoxy) is 2. The fourth-order valence-corrected chi connectivity index (χ4v) is 2.76. The predicted octanol–water partition coefficient (Wildman–Crippen LogP) is 5.50. The zero-order valence-corrected chi connectivity index (χ0v) is 12.5. The van der Waals surface area contributed by atoms with E-state index in [2.05, 4.69) is 13.0 Å². The molecule has 0 heterocycles. The average Bonchev–Trinajstić information content (AvgIpc) is 2.52. The van der Waals surface area contributed by atoms with Crippen molar-refractivity contribution >= 4 is 0 Å². The maximum absolute atomic E-state index is 6.03. The number of para-hydroxylation sites is 1. The third-order valence-electron chi connectivity index (χ3n) is 4.00. The third-order valence-corrected chi connectivity index (χ3v) is 4.00. The van der Waals surface area contributed by atoms with Crippen molar-refractivity contribution in [3.63, 3.8) is 0 Å². The van der Waals surface area contributed by atoms with Crippen molar-refractivity contribution < 1.29 is 9.47 Å². The Bertz CT molecular complexity index is 568. The van der Waals surface area contributed by atoms with E-state index in [1.807, 2.05) is 42.5 Å². The molecule has 0 amide bonds. The quantitative estimate of drug-likeness (QED) is 0.737. The highest BCUT2D eigenvalue weighted by atomic mass is 16.5. The van der Waals surface area contributed by atoms with Gasteiger partial charge in [-0.25, -0.2) is 0 Å². The van der Waals surface area contributed by atoms with Crippen LogP contribution in [0.15, 0.2) is 48.5 Å². The Balaban J connectivity index is 1.62. The zero-order chi connectivity index (χ0) is 14.5. The molecule has 0 unspecified atom stereocenters. The summed E-state index contributed by atoms with van der Waals surface area (Å²) in [4.78, 5) is 0. The van der Waals surface area contributed by atoms with Gasteiger partial charge in [-0.2, -0.15) is 0 Å². The highest BCUT2D eigenvalue weighted by molar-refractivity contribution is 5.38. The molecule has 110 valence electrons. The van der Waals surface area contributed by atoms with Crippen LogP contribution >= 0.6 is 0 Å². The summed E-state index contributed by atoms with van der Waals surface area (Å²) in [5.74, 6) is 2.69. The second kappa shape index (κ2) is 6.66. The predicted molar refractivity (Wildman–Crippen MR) is 85.2 cm³/mol. The van der Waals surface area contributed by atoms with E-state index in [4.69, 9.17) is 9.47 Å². The molecule has 0 saturated heterocycles. The van der Waals surface area contributed by atoms with E-state index in [-0.39, 0.29) is 0 Å². The van der Waals surface area contributed by atoms with Gasteiger partial charge in [-0.05, 0) is 68.5 Å². The van der Waals surface area contributed by atoms with Crippen LogP contribution in [-0.2, 0) is 0 Å². The summed E-state index contributed by atoms with van der Waals surface area (Å²) in [6, 6.07) is 16.0. The largest absolute Gasteiger partial charge is 0.490 e. The smallest absolute Gasteiger partial charge is 0.130 e. The standard InChI is InChI=1S/C19H22O2/c1-15-7-5-6-10-19(15)21-18-13-11-17(12-14-18)20-16-8-3-2-4-9-16/h5-7,10-14,16H,2-4,8-9H2,1H3. The summed E-state index contributed by atoms with van der Waals surface area (Å²) in [5, 5.41) is 0. The third kappa shape index (κ3) is 3.78. The van der Waals surface area contributed by atoms with Gasteiger partial charge in [0.1, 0.15) is 17.2 Å². The van der Waals surface area contributed by atoms with E-state index in [0.717, 1.165) is 22.8 Å². The minimum absolute atomic E-state index is 0.391. The molecule has 2 nitrogen and oxygen atoms in total. The molecule has 1 fully saturated rings. The molecule has 0 bridgehead atoms. The lowest BCUT2D eigenvalue weighted by Gasteiger charge is -2.23. The summed E-state index contributed by atoms with van der Waals surface area (Å²) in [7, 11) is 0. The molecule has 3 rings (SSSR count). The van der Waals surface area contributed by atoms with E-state index < -0.39 is 0 Å². The number of rotatable bonds is 4. The molecule has 21 heavy (non-hydrogen) atoms. The number of hydrogen-bond donors (Lipinski definition) is 0. The summed E-state index contributed by atoms with van der Waals surface area (Å²) in [5.41, 5.74) is 1.14. The maximum atomic E-state index is 6.03. The van der Waals surface area contributed by atoms with Crippen molar-refractivity contribution in [3.05, 3.63) is 54.1 Å². The van der Waals surface area contributed by atoms with Crippen LogP contribution in [0.2, 0.25) is 0 Å². The lowest BCUT2D eigenvalue weighted by molar-refractivity contribution is 0.155. The van der Waals surface area contributed by atoms with Crippen LogP contribution in [0.1, 0.15) is 37.7 Å². The minimum Gasteiger partial charge on any atom is -0.490 e. The van der Waals surface area contributed by atoms with Crippen LogP contribution in [0.4, 0.5) is 0 Å². The molecule has 2 heteroatoms. The monoisotopic (exact) mass is 282 g/mol. The van der Waals surface area contributed by atoms with Gasteiger partial charge < -0.3 is 9.47 Å². The summed E-state index contributed by atoms with van der Waals surface area (Å²) in [6.07, 6.45) is 6.69. The first kappa shape index (κ1) is 14.0. The molecule has 1 aliphatic rings. The molecule has 0 radical (unpaired) electrons. The normalized spacial score (nSPS) is 15.7. The van der Waals surface area contributed by atoms with Crippen molar-refractivity contribution in [2.45, 2.75) is 45.1 Å². The Morgan fingerprint density at radius 3 is 2.19 bits per heavy atom. The van der Waals surface area contributed by atoms with E-state index in [1.165, 1.54) is 32.1 Å². The van der Waals surface area contributed by atoms with Gasteiger partial charge in [0.15, 0.2) is 0 Å². The molecule has 1 aliphatic carbocycles. The maximum Gasteiger partial charge on any atom is 0.130 e.